The van der Waals surface area contributed by atoms with Gasteiger partial charge in [0.25, 0.3) is 0 Å². The molecule has 0 bridgehead atoms. The first kappa shape index (κ1) is 13.3. The number of likely N-dealkylation sites (tertiary alicyclic amines) is 1. The highest BCUT2D eigenvalue weighted by atomic mass is 16.2. The van der Waals surface area contributed by atoms with Crippen molar-refractivity contribution in [1.82, 2.24) is 15.5 Å². The van der Waals surface area contributed by atoms with E-state index in [2.05, 4.69) is 10.6 Å². The third-order valence-corrected chi connectivity index (χ3v) is 4.06. The molecule has 0 aromatic carbocycles. The Morgan fingerprint density at radius 3 is 2.50 bits per heavy atom. The van der Waals surface area contributed by atoms with Gasteiger partial charge >= 0.3 is 0 Å². The Hall–Kier alpha value is -1.10. The molecule has 18 heavy (non-hydrogen) atoms. The Balaban J connectivity index is 1.83. The van der Waals surface area contributed by atoms with Crippen LogP contribution in [0.15, 0.2) is 0 Å². The van der Waals surface area contributed by atoms with Crippen LogP contribution < -0.4 is 10.6 Å². The Labute approximate surface area is 108 Å². The first-order chi connectivity index (χ1) is 8.49. The van der Waals surface area contributed by atoms with Crippen LogP contribution in [-0.2, 0) is 9.59 Å². The van der Waals surface area contributed by atoms with E-state index >= 15 is 0 Å². The van der Waals surface area contributed by atoms with Gasteiger partial charge in [-0.2, -0.15) is 0 Å². The average molecular weight is 253 g/mol. The molecule has 102 valence electrons. The minimum atomic E-state index is -0.0112. The molecular weight excluding hydrogens is 230 g/mol. The van der Waals surface area contributed by atoms with Gasteiger partial charge in [0.2, 0.25) is 11.8 Å². The van der Waals surface area contributed by atoms with Crippen molar-refractivity contribution in [3.63, 3.8) is 0 Å². The lowest BCUT2D eigenvalue weighted by Gasteiger charge is -2.32. The number of rotatable bonds is 4. The highest BCUT2D eigenvalue weighted by Gasteiger charge is 2.34. The van der Waals surface area contributed by atoms with E-state index in [-0.39, 0.29) is 29.8 Å². The van der Waals surface area contributed by atoms with E-state index in [0.29, 0.717) is 18.9 Å². The van der Waals surface area contributed by atoms with E-state index < -0.39 is 0 Å². The Bertz CT molecular complexity index is 339. The maximum Gasteiger partial charge on any atom is 0.225 e. The summed E-state index contributed by atoms with van der Waals surface area (Å²) in [5, 5.41) is 6.19. The van der Waals surface area contributed by atoms with E-state index in [1.165, 1.54) is 0 Å². The molecule has 0 saturated carbocycles. The van der Waals surface area contributed by atoms with Crippen molar-refractivity contribution in [3.05, 3.63) is 0 Å². The second-order valence-corrected chi connectivity index (χ2v) is 5.76. The van der Waals surface area contributed by atoms with Crippen LogP contribution in [0.25, 0.3) is 0 Å². The van der Waals surface area contributed by atoms with Crippen molar-refractivity contribution in [1.29, 1.82) is 0 Å². The quantitative estimate of drug-likeness (QED) is 0.739. The largest absolute Gasteiger partial charge is 0.351 e. The van der Waals surface area contributed by atoms with Crippen LogP contribution in [0.4, 0.5) is 0 Å². The van der Waals surface area contributed by atoms with Crippen LogP contribution in [0.2, 0.25) is 0 Å². The van der Waals surface area contributed by atoms with Crippen molar-refractivity contribution in [3.8, 4) is 0 Å². The molecule has 2 unspecified atom stereocenters. The minimum absolute atomic E-state index is 0.0112. The van der Waals surface area contributed by atoms with Gasteiger partial charge in [0.15, 0.2) is 0 Å². The van der Waals surface area contributed by atoms with Crippen molar-refractivity contribution >= 4 is 11.8 Å². The molecule has 2 aliphatic rings. The second kappa shape index (κ2) is 5.26. The summed E-state index contributed by atoms with van der Waals surface area (Å²) >= 11 is 0. The summed E-state index contributed by atoms with van der Waals surface area (Å²) in [5.41, 5.74) is 0. The molecule has 0 spiro atoms. The van der Waals surface area contributed by atoms with Crippen LogP contribution in [0.5, 0.6) is 0 Å². The SMILES string of the molecule is CC(C(=O)NC1CC(=O)N(C(C)C)C1)C1CNC1. The lowest BCUT2D eigenvalue weighted by Crippen LogP contribution is -2.51. The standard InChI is InChI=1S/C13H23N3O2/c1-8(2)16-7-11(4-12(16)17)15-13(18)9(3)10-5-14-6-10/h8-11,14H,4-7H2,1-3H3,(H,15,18). The van der Waals surface area contributed by atoms with Crippen molar-refractivity contribution < 1.29 is 9.59 Å². The Morgan fingerprint density at radius 1 is 1.39 bits per heavy atom. The zero-order valence-electron chi connectivity index (χ0n) is 11.4. The molecule has 2 heterocycles. The monoisotopic (exact) mass is 253 g/mol. The molecule has 0 aliphatic carbocycles. The van der Waals surface area contributed by atoms with Crippen LogP contribution in [0, 0.1) is 11.8 Å². The maximum absolute atomic E-state index is 12.0. The van der Waals surface area contributed by atoms with E-state index in [4.69, 9.17) is 0 Å². The maximum atomic E-state index is 12.0. The lowest BCUT2D eigenvalue weighted by molar-refractivity contribution is -0.129. The molecule has 2 amide bonds. The highest BCUT2D eigenvalue weighted by molar-refractivity contribution is 5.83. The molecular formula is C13H23N3O2. The average Bonchev–Trinajstić information content (AvgIpc) is 2.56. The first-order valence-corrected chi connectivity index (χ1v) is 6.79. The summed E-state index contributed by atoms with van der Waals surface area (Å²) in [7, 11) is 0. The lowest BCUT2D eigenvalue weighted by atomic mass is 9.88. The zero-order valence-corrected chi connectivity index (χ0v) is 11.4. The van der Waals surface area contributed by atoms with Gasteiger partial charge in [-0.15, -0.1) is 0 Å². The van der Waals surface area contributed by atoms with Crippen molar-refractivity contribution in [2.24, 2.45) is 11.8 Å². The van der Waals surface area contributed by atoms with Gasteiger partial charge in [0.05, 0.1) is 6.04 Å². The Kier molecular flexibility index (Phi) is 3.90. The third kappa shape index (κ3) is 2.66. The molecule has 5 heteroatoms. The summed E-state index contributed by atoms with van der Waals surface area (Å²) in [5.74, 6) is 0.718. The minimum Gasteiger partial charge on any atom is -0.351 e. The number of carbonyl (C=O) groups excluding carboxylic acids is 2. The highest BCUT2D eigenvalue weighted by Crippen LogP contribution is 2.18. The number of hydrogen-bond donors (Lipinski definition) is 2. The van der Waals surface area contributed by atoms with E-state index in [1.807, 2.05) is 25.7 Å². The summed E-state index contributed by atoms with van der Waals surface area (Å²) in [6.07, 6.45) is 0.444. The van der Waals surface area contributed by atoms with E-state index in [0.717, 1.165) is 13.1 Å². The predicted molar refractivity (Wildman–Crippen MR) is 68.9 cm³/mol. The smallest absolute Gasteiger partial charge is 0.225 e. The summed E-state index contributed by atoms with van der Waals surface area (Å²) in [4.78, 5) is 25.6. The molecule has 2 N–H and O–H groups in total. The van der Waals surface area contributed by atoms with E-state index in [1.54, 1.807) is 0 Å². The van der Waals surface area contributed by atoms with Crippen LogP contribution in [-0.4, -0.2) is 48.4 Å². The van der Waals surface area contributed by atoms with Gasteiger partial charge in [0.1, 0.15) is 0 Å². The number of hydrogen-bond acceptors (Lipinski definition) is 3. The summed E-state index contributed by atoms with van der Waals surface area (Å²) < 4.78 is 0. The number of nitrogens with zero attached hydrogens (tertiary/aromatic N) is 1. The van der Waals surface area contributed by atoms with Gasteiger partial charge in [-0.1, -0.05) is 6.92 Å². The fraction of sp³-hybridized carbons (Fsp3) is 0.846. The van der Waals surface area contributed by atoms with E-state index in [9.17, 15) is 9.59 Å². The summed E-state index contributed by atoms with van der Waals surface area (Å²) in [6.45, 7) is 8.48. The molecule has 0 aromatic heterocycles. The fourth-order valence-electron chi connectivity index (χ4n) is 2.54. The Morgan fingerprint density at radius 2 is 2.06 bits per heavy atom. The molecule has 2 rings (SSSR count). The molecule has 2 fully saturated rings. The van der Waals surface area contributed by atoms with Gasteiger partial charge in [-0.05, 0) is 32.9 Å². The van der Waals surface area contributed by atoms with Crippen molar-refractivity contribution in [2.45, 2.75) is 39.3 Å². The predicted octanol–water partition coefficient (Wildman–Crippen LogP) is -0.0326. The number of nitrogens with one attached hydrogen (secondary N) is 2. The van der Waals surface area contributed by atoms with Gasteiger partial charge in [-0.25, -0.2) is 0 Å². The summed E-state index contributed by atoms with van der Waals surface area (Å²) in [6, 6.07) is 0.204. The van der Waals surface area contributed by atoms with Crippen LogP contribution >= 0.6 is 0 Å². The van der Waals surface area contributed by atoms with Crippen molar-refractivity contribution in [2.75, 3.05) is 19.6 Å². The van der Waals surface area contributed by atoms with Gasteiger partial charge in [0, 0.05) is 24.9 Å². The zero-order chi connectivity index (χ0) is 13.3. The molecule has 2 aliphatic heterocycles. The second-order valence-electron chi connectivity index (χ2n) is 5.76. The number of carbonyl (C=O) groups is 2. The molecule has 2 atom stereocenters. The van der Waals surface area contributed by atoms with Gasteiger partial charge in [-0.3, -0.25) is 9.59 Å². The molecule has 0 radical (unpaired) electrons. The van der Waals surface area contributed by atoms with Gasteiger partial charge < -0.3 is 15.5 Å². The number of amides is 2. The normalized spacial score (nSPS) is 26.3. The topological polar surface area (TPSA) is 61.4 Å². The molecule has 0 aromatic rings. The molecule has 2 saturated heterocycles. The fourth-order valence-corrected chi connectivity index (χ4v) is 2.54. The first-order valence-electron chi connectivity index (χ1n) is 6.79. The molecule has 5 nitrogen and oxygen atoms in total. The van der Waals surface area contributed by atoms with Crippen LogP contribution in [0.1, 0.15) is 27.2 Å². The third-order valence-electron chi connectivity index (χ3n) is 4.06. The van der Waals surface area contributed by atoms with Crippen LogP contribution in [0.3, 0.4) is 0 Å².